The maximum Gasteiger partial charge on any atom is 0.405 e. The number of benzene rings is 2. The van der Waals surface area contributed by atoms with Gasteiger partial charge in [-0.1, -0.05) is 61.0 Å². The van der Waals surface area contributed by atoms with E-state index in [1.807, 2.05) is 48.5 Å². The van der Waals surface area contributed by atoms with Crippen LogP contribution in [0.3, 0.4) is 0 Å². The van der Waals surface area contributed by atoms with Crippen molar-refractivity contribution < 1.29 is 14.6 Å². The molecule has 2 atom stereocenters. The van der Waals surface area contributed by atoms with Crippen LogP contribution >= 0.6 is 15.9 Å². The van der Waals surface area contributed by atoms with E-state index < -0.39 is 11.6 Å². The molecule has 2 N–H and O–H groups in total. The molecule has 2 aromatic carbocycles. The normalized spacial score (nSPS) is 21.9. The first-order valence-corrected chi connectivity index (χ1v) is 9.49. The van der Waals surface area contributed by atoms with E-state index in [4.69, 9.17) is 4.74 Å². The standard InChI is InChI=1S/C21H24BrNO3/c1-20(2,3)21(23-19(24)25)12-18(21)15-7-9-17(10-8-15)26-13-14-5-4-6-16(22)11-14/h4-11,18,23H,12-13H2,1-3H3,(H,24,25). The zero-order valence-corrected chi connectivity index (χ0v) is 16.8. The molecule has 5 heteroatoms. The van der Waals surface area contributed by atoms with E-state index in [1.165, 1.54) is 0 Å². The molecule has 0 aromatic heterocycles. The third kappa shape index (κ3) is 3.88. The van der Waals surface area contributed by atoms with Crippen molar-refractivity contribution in [3.8, 4) is 5.75 Å². The molecule has 1 fully saturated rings. The lowest BCUT2D eigenvalue weighted by atomic mass is 9.81. The molecule has 0 radical (unpaired) electrons. The monoisotopic (exact) mass is 417 g/mol. The predicted molar refractivity (Wildman–Crippen MR) is 106 cm³/mol. The third-order valence-corrected chi connectivity index (χ3v) is 5.70. The number of hydrogen-bond donors (Lipinski definition) is 2. The van der Waals surface area contributed by atoms with E-state index in [2.05, 4.69) is 42.0 Å². The van der Waals surface area contributed by atoms with Crippen LogP contribution in [0, 0.1) is 5.41 Å². The van der Waals surface area contributed by atoms with Crippen LogP contribution in [0.1, 0.15) is 44.2 Å². The highest BCUT2D eigenvalue weighted by molar-refractivity contribution is 9.10. The summed E-state index contributed by atoms with van der Waals surface area (Å²) in [6.07, 6.45) is -0.141. The van der Waals surface area contributed by atoms with Crippen molar-refractivity contribution in [3.63, 3.8) is 0 Å². The second kappa shape index (κ2) is 6.95. The highest BCUT2D eigenvalue weighted by atomic mass is 79.9. The van der Waals surface area contributed by atoms with Gasteiger partial charge in [-0.05, 0) is 47.2 Å². The number of nitrogens with one attached hydrogen (secondary N) is 1. The zero-order valence-electron chi connectivity index (χ0n) is 15.3. The van der Waals surface area contributed by atoms with Crippen molar-refractivity contribution in [2.75, 3.05) is 0 Å². The first-order chi connectivity index (χ1) is 12.2. The Hall–Kier alpha value is -2.01. The molecule has 26 heavy (non-hydrogen) atoms. The fourth-order valence-corrected chi connectivity index (χ4v) is 4.05. The summed E-state index contributed by atoms with van der Waals surface area (Å²) in [6, 6.07) is 16.0. The van der Waals surface area contributed by atoms with Crippen LogP contribution < -0.4 is 10.1 Å². The minimum absolute atomic E-state index is 0.147. The molecule has 1 aliphatic rings. The Morgan fingerprint density at radius 1 is 1.27 bits per heavy atom. The predicted octanol–water partition coefficient (Wildman–Crippen LogP) is 5.57. The van der Waals surface area contributed by atoms with Gasteiger partial charge in [-0.15, -0.1) is 0 Å². The molecule has 1 aliphatic carbocycles. The Morgan fingerprint density at radius 3 is 2.54 bits per heavy atom. The summed E-state index contributed by atoms with van der Waals surface area (Å²) >= 11 is 3.46. The average Bonchev–Trinajstić information content (AvgIpc) is 3.28. The van der Waals surface area contributed by atoms with Gasteiger partial charge in [0.05, 0.1) is 5.54 Å². The van der Waals surface area contributed by atoms with Crippen LogP contribution in [0.25, 0.3) is 0 Å². The molecule has 0 aliphatic heterocycles. The topological polar surface area (TPSA) is 58.6 Å². The summed E-state index contributed by atoms with van der Waals surface area (Å²) in [5.41, 5.74) is 1.69. The van der Waals surface area contributed by atoms with Gasteiger partial charge < -0.3 is 15.2 Å². The number of amides is 1. The molecular formula is C21H24BrNO3. The quantitative estimate of drug-likeness (QED) is 0.668. The van der Waals surface area contributed by atoms with Gasteiger partial charge in [0, 0.05) is 10.4 Å². The lowest BCUT2D eigenvalue weighted by Crippen LogP contribution is -2.47. The molecule has 1 amide bonds. The van der Waals surface area contributed by atoms with Gasteiger partial charge in [-0.3, -0.25) is 0 Å². The van der Waals surface area contributed by atoms with E-state index >= 15 is 0 Å². The van der Waals surface area contributed by atoms with Gasteiger partial charge in [-0.25, -0.2) is 4.79 Å². The van der Waals surface area contributed by atoms with Crippen LogP contribution in [-0.2, 0) is 6.61 Å². The van der Waals surface area contributed by atoms with Crippen LogP contribution in [0.15, 0.2) is 53.0 Å². The molecule has 1 saturated carbocycles. The number of ether oxygens (including phenoxy) is 1. The molecule has 3 rings (SSSR count). The number of carboxylic acid groups (broad SMARTS) is 1. The lowest BCUT2D eigenvalue weighted by Gasteiger charge is -2.32. The molecule has 0 bridgehead atoms. The Labute approximate surface area is 162 Å². The number of halogens is 1. The van der Waals surface area contributed by atoms with E-state index in [-0.39, 0.29) is 11.3 Å². The Morgan fingerprint density at radius 2 is 1.96 bits per heavy atom. The maximum absolute atomic E-state index is 11.2. The Kier molecular flexibility index (Phi) is 5.02. The van der Waals surface area contributed by atoms with Gasteiger partial charge in [0.25, 0.3) is 0 Å². The van der Waals surface area contributed by atoms with Gasteiger partial charge in [0.15, 0.2) is 0 Å². The maximum atomic E-state index is 11.2. The Bertz CT molecular complexity index is 798. The molecule has 4 nitrogen and oxygen atoms in total. The fourth-order valence-electron chi connectivity index (χ4n) is 3.60. The third-order valence-electron chi connectivity index (χ3n) is 5.21. The van der Waals surface area contributed by atoms with Gasteiger partial charge in [0.1, 0.15) is 12.4 Å². The van der Waals surface area contributed by atoms with E-state index in [0.29, 0.717) is 6.61 Å². The summed E-state index contributed by atoms with van der Waals surface area (Å²) in [5.74, 6) is 1.000. The van der Waals surface area contributed by atoms with Crippen molar-refractivity contribution in [1.82, 2.24) is 5.32 Å². The summed E-state index contributed by atoms with van der Waals surface area (Å²) in [4.78, 5) is 11.2. The molecule has 2 aromatic rings. The minimum Gasteiger partial charge on any atom is -0.489 e. The first-order valence-electron chi connectivity index (χ1n) is 8.69. The van der Waals surface area contributed by atoms with Gasteiger partial charge in [-0.2, -0.15) is 0 Å². The van der Waals surface area contributed by atoms with Gasteiger partial charge in [0.2, 0.25) is 0 Å². The van der Waals surface area contributed by atoms with Crippen molar-refractivity contribution in [2.45, 2.75) is 45.3 Å². The van der Waals surface area contributed by atoms with Crippen LogP contribution in [0.4, 0.5) is 4.79 Å². The number of rotatable bonds is 5. The fraction of sp³-hybridized carbons (Fsp3) is 0.381. The lowest BCUT2D eigenvalue weighted by molar-refractivity contribution is 0.167. The van der Waals surface area contributed by atoms with Crippen molar-refractivity contribution in [1.29, 1.82) is 0 Å². The first kappa shape index (κ1) is 18.8. The second-order valence-electron chi connectivity index (χ2n) is 7.90. The highest BCUT2D eigenvalue weighted by Crippen LogP contribution is 2.60. The van der Waals surface area contributed by atoms with E-state index in [1.54, 1.807) is 0 Å². The van der Waals surface area contributed by atoms with Crippen molar-refractivity contribution >= 4 is 22.0 Å². The molecule has 2 unspecified atom stereocenters. The molecule has 0 spiro atoms. The number of hydrogen-bond acceptors (Lipinski definition) is 2. The summed E-state index contributed by atoms with van der Waals surface area (Å²) in [7, 11) is 0. The highest BCUT2D eigenvalue weighted by Gasteiger charge is 2.62. The molecule has 0 heterocycles. The zero-order chi connectivity index (χ0) is 18.9. The smallest absolute Gasteiger partial charge is 0.405 e. The van der Waals surface area contributed by atoms with Crippen LogP contribution in [0.5, 0.6) is 5.75 Å². The molecular weight excluding hydrogens is 394 g/mol. The van der Waals surface area contributed by atoms with E-state index in [0.717, 1.165) is 27.8 Å². The SMILES string of the molecule is CC(C)(C)C1(NC(=O)O)CC1c1ccc(OCc2cccc(Br)c2)cc1. The van der Waals surface area contributed by atoms with Crippen molar-refractivity contribution in [2.24, 2.45) is 5.41 Å². The van der Waals surface area contributed by atoms with Gasteiger partial charge >= 0.3 is 6.09 Å². The molecule has 0 saturated heterocycles. The largest absolute Gasteiger partial charge is 0.489 e. The average molecular weight is 418 g/mol. The van der Waals surface area contributed by atoms with E-state index in [9.17, 15) is 9.90 Å². The Balaban J connectivity index is 1.67. The summed E-state index contributed by atoms with van der Waals surface area (Å²) in [5, 5.41) is 12.0. The summed E-state index contributed by atoms with van der Waals surface area (Å²) in [6.45, 7) is 6.75. The molecule has 138 valence electrons. The number of carbonyl (C=O) groups is 1. The van der Waals surface area contributed by atoms with Crippen LogP contribution in [0.2, 0.25) is 0 Å². The summed E-state index contributed by atoms with van der Waals surface area (Å²) < 4.78 is 6.89. The minimum atomic E-state index is -0.962. The van der Waals surface area contributed by atoms with Crippen LogP contribution in [-0.4, -0.2) is 16.7 Å². The second-order valence-corrected chi connectivity index (χ2v) is 8.81. The van der Waals surface area contributed by atoms with Crippen molar-refractivity contribution in [3.05, 3.63) is 64.1 Å².